The van der Waals surface area contributed by atoms with E-state index in [4.69, 9.17) is 11.6 Å². The molecule has 1 N–H and O–H groups in total. The van der Waals surface area contributed by atoms with E-state index in [1.54, 1.807) is 0 Å². The predicted molar refractivity (Wildman–Crippen MR) is 95.4 cm³/mol. The van der Waals surface area contributed by atoms with Gasteiger partial charge < -0.3 is 4.57 Å². The largest absolute Gasteiger partial charge is 0.346 e. The highest BCUT2D eigenvalue weighted by atomic mass is 35.5. The van der Waals surface area contributed by atoms with Crippen molar-refractivity contribution < 1.29 is 12.8 Å². The number of rotatable bonds is 6. The van der Waals surface area contributed by atoms with E-state index in [-0.39, 0.29) is 16.5 Å². The first kappa shape index (κ1) is 17.7. The molecular formula is C18H16ClFN2O2S. The first-order chi connectivity index (χ1) is 12.0. The van der Waals surface area contributed by atoms with Gasteiger partial charge in [0.05, 0.1) is 16.5 Å². The van der Waals surface area contributed by atoms with Gasteiger partial charge in [0.25, 0.3) is 0 Å². The van der Waals surface area contributed by atoms with Crippen molar-refractivity contribution in [3.8, 4) is 0 Å². The van der Waals surface area contributed by atoms with Crippen LogP contribution in [0.5, 0.6) is 0 Å². The van der Waals surface area contributed by atoms with Crippen molar-refractivity contribution in [3.63, 3.8) is 0 Å². The van der Waals surface area contributed by atoms with Crippen molar-refractivity contribution in [2.45, 2.75) is 18.0 Å². The average molecular weight is 379 g/mol. The van der Waals surface area contributed by atoms with E-state index in [2.05, 4.69) is 4.72 Å². The van der Waals surface area contributed by atoms with Crippen LogP contribution in [-0.4, -0.2) is 13.0 Å². The van der Waals surface area contributed by atoms with E-state index in [9.17, 15) is 12.8 Å². The first-order valence-electron chi connectivity index (χ1n) is 7.58. The van der Waals surface area contributed by atoms with Gasteiger partial charge in [0.1, 0.15) is 5.82 Å². The SMILES string of the molecule is O=S(=O)(NCc1cccn1Cc1ccccc1)c1ccc(F)c(Cl)c1. The van der Waals surface area contributed by atoms with Crippen molar-refractivity contribution in [2.24, 2.45) is 0 Å². The molecule has 0 amide bonds. The molecule has 0 radical (unpaired) electrons. The Balaban J connectivity index is 1.73. The van der Waals surface area contributed by atoms with Gasteiger partial charge in [-0.1, -0.05) is 41.9 Å². The molecule has 130 valence electrons. The summed E-state index contributed by atoms with van der Waals surface area (Å²) in [4.78, 5) is -0.0694. The van der Waals surface area contributed by atoms with Crippen LogP contribution in [-0.2, 0) is 23.1 Å². The summed E-state index contributed by atoms with van der Waals surface area (Å²) in [5.74, 6) is -0.655. The molecule has 0 spiro atoms. The molecule has 3 aromatic rings. The Labute approximate surface area is 150 Å². The Hall–Kier alpha value is -2.15. The number of halogens is 2. The third kappa shape index (κ3) is 4.28. The molecule has 4 nitrogen and oxygen atoms in total. The molecule has 0 atom stereocenters. The Kier molecular flexibility index (Phi) is 5.22. The van der Waals surface area contributed by atoms with Crippen LogP contribution in [0.3, 0.4) is 0 Å². The highest BCUT2D eigenvalue weighted by molar-refractivity contribution is 7.89. The van der Waals surface area contributed by atoms with Gasteiger partial charge in [-0.05, 0) is 35.9 Å². The summed E-state index contributed by atoms with van der Waals surface area (Å²) in [6.07, 6.45) is 1.89. The molecular weight excluding hydrogens is 363 g/mol. The van der Waals surface area contributed by atoms with Crippen LogP contribution in [0.15, 0.2) is 71.8 Å². The lowest BCUT2D eigenvalue weighted by Gasteiger charge is -2.11. The Bertz CT molecular complexity index is 972. The summed E-state index contributed by atoms with van der Waals surface area (Å²) in [6, 6.07) is 16.9. The van der Waals surface area contributed by atoms with Crippen molar-refractivity contribution in [1.29, 1.82) is 0 Å². The molecule has 0 unspecified atom stereocenters. The van der Waals surface area contributed by atoms with E-state index in [1.165, 1.54) is 6.07 Å². The number of hydrogen-bond donors (Lipinski definition) is 1. The zero-order valence-corrected chi connectivity index (χ0v) is 14.8. The lowest BCUT2D eigenvalue weighted by Crippen LogP contribution is -2.24. The van der Waals surface area contributed by atoms with Crippen molar-refractivity contribution >= 4 is 21.6 Å². The minimum absolute atomic E-state index is 0.0694. The maximum absolute atomic E-state index is 13.2. The second-order valence-electron chi connectivity index (χ2n) is 5.51. The summed E-state index contributed by atoms with van der Waals surface area (Å²) in [5, 5.41) is -0.227. The summed E-state index contributed by atoms with van der Waals surface area (Å²) in [7, 11) is -3.78. The topological polar surface area (TPSA) is 51.1 Å². The number of aromatic nitrogens is 1. The van der Waals surface area contributed by atoms with Crippen molar-refractivity contribution in [1.82, 2.24) is 9.29 Å². The molecule has 0 aliphatic carbocycles. The fourth-order valence-corrected chi connectivity index (χ4v) is 3.71. The van der Waals surface area contributed by atoms with Crippen LogP contribution < -0.4 is 4.72 Å². The maximum Gasteiger partial charge on any atom is 0.240 e. The van der Waals surface area contributed by atoms with Crippen LogP contribution >= 0.6 is 11.6 Å². The van der Waals surface area contributed by atoms with Crippen LogP contribution in [0.1, 0.15) is 11.3 Å². The second kappa shape index (κ2) is 7.39. The molecule has 0 saturated heterocycles. The Morgan fingerprint density at radius 2 is 1.80 bits per heavy atom. The molecule has 0 aliphatic rings. The molecule has 0 bridgehead atoms. The third-order valence-corrected chi connectivity index (χ3v) is 5.45. The summed E-state index contributed by atoms with van der Waals surface area (Å²) >= 11 is 5.66. The molecule has 1 heterocycles. The first-order valence-corrected chi connectivity index (χ1v) is 9.44. The zero-order valence-electron chi connectivity index (χ0n) is 13.2. The number of benzene rings is 2. The Morgan fingerprint density at radius 3 is 2.52 bits per heavy atom. The highest BCUT2D eigenvalue weighted by Gasteiger charge is 2.16. The fourth-order valence-electron chi connectivity index (χ4n) is 2.44. The van der Waals surface area contributed by atoms with Crippen LogP contribution in [0.4, 0.5) is 4.39 Å². The molecule has 0 fully saturated rings. The lowest BCUT2D eigenvalue weighted by molar-refractivity contribution is 0.577. The fraction of sp³-hybridized carbons (Fsp3) is 0.111. The van der Waals surface area contributed by atoms with E-state index < -0.39 is 15.8 Å². The summed E-state index contributed by atoms with van der Waals surface area (Å²) < 4.78 is 42.4. The van der Waals surface area contributed by atoms with Crippen LogP contribution in [0, 0.1) is 5.82 Å². The smallest absolute Gasteiger partial charge is 0.240 e. The van der Waals surface area contributed by atoms with Crippen molar-refractivity contribution in [3.05, 3.63) is 89.0 Å². The molecule has 0 aliphatic heterocycles. The van der Waals surface area contributed by atoms with Gasteiger partial charge in [-0.15, -0.1) is 0 Å². The quantitative estimate of drug-likeness (QED) is 0.709. The predicted octanol–water partition coefficient (Wildman–Crippen LogP) is 3.81. The van der Waals surface area contributed by atoms with Gasteiger partial charge in [0, 0.05) is 18.4 Å². The van der Waals surface area contributed by atoms with Gasteiger partial charge in [0.15, 0.2) is 0 Å². The minimum Gasteiger partial charge on any atom is -0.346 e. The van der Waals surface area contributed by atoms with Crippen LogP contribution in [0.2, 0.25) is 5.02 Å². The standard InChI is InChI=1S/C18H16ClFN2O2S/c19-17-11-16(8-9-18(17)20)25(23,24)21-12-15-7-4-10-22(15)13-14-5-2-1-3-6-14/h1-11,21H,12-13H2. The molecule has 7 heteroatoms. The van der Waals surface area contributed by atoms with Crippen molar-refractivity contribution in [2.75, 3.05) is 0 Å². The highest BCUT2D eigenvalue weighted by Crippen LogP contribution is 2.19. The number of nitrogens with zero attached hydrogens (tertiary/aromatic N) is 1. The summed E-state index contributed by atoms with van der Waals surface area (Å²) in [5.41, 5.74) is 1.94. The van der Waals surface area contributed by atoms with Crippen LogP contribution in [0.25, 0.3) is 0 Å². The van der Waals surface area contributed by atoms with Gasteiger partial charge in [-0.3, -0.25) is 0 Å². The second-order valence-corrected chi connectivity index (χ2v) is 7.69. The molecule has 3 rings (SSSR count). The van der Waals surface area contributed by atoms with E-state index in [0.717, 1.165) is 23.4 Å². The Morgan fingerprint density at radius 1 is 1.04 bits per heavy atom. The number of nitrogens with one attached hydrogen (secondary N) is 1. The minimum atomic E-state index is -3.78. The van der Waals surface area contributed by atoms with Gasteiger partial charge >= 0.3 is 0 Å². The molecule has 2 aromatic carbocycles. The number of sulfonamides is 1. The van der Waals surface area contributed by atoms with E-state index in [0.29, 0.717) is 6.54 Å². The van der Waals surface area contributed by atoms with E-state index in [1.807, 2.05) is 53.2 Å². The van der Waals surface area contributed by atoms with Gasteiger partial charge in [0.2, 0.25) is 10.0 Å². The molecule has 1 aromatic heterocycles. The zero-order chi connectivity index (χ0) is 17.9. The lowest BCUT2D eigenvalue weighted by atomic mass is 10.2. The van der Waals surface area contributed by atoms with Gasteiger partial charge in [-0.25, -0.2) is 17.5 Å². The summed E-state index contributed by atoms with van der Waals surface area (Å²) in [6.45, 7) is 0.768. The van der Waals surface area contributed by atoms with Gasteiger partial charge in [-0.2, -0.15) is 0 Å². The maximum atomic E-state index is 13.2. The number of hydrogen-bond acceptors (Lipinski definition) is 2. The average Bonchev–Trinajstić information content (AvgIpc) is 3.03. The molecule has 0 saturated carbocycles. The normalized spacial score (nSPS) is 11.6. The monoisotopic (exact) mass is 378 g/mol. The molecule has 25 heavy (non-hydrogen) atoms. The van der Waals surface area contributed by atoms with E-state index >= 15 is 0 Å². The third-order valence-electron chi connectivity index (χ3n) is 3.76.